The van der Waals surface area contributed by atoms with Gasteiger partial charge in [-0.1, -0.05) is 18.2 Å². The predicted molar refractivity (Wildman–Crippen MR) is 137 cm³/mol. The molecule has 216 valence electrons. The number of imide groups is 1. The van der Waals surface area contributed by atoms with Gasteiger partial charge in [0, 0.05) is 11.6 Å². The number of fused-ring (bicyclic) bond motifs is 1. The highest BCUT2D eigenvalue weighted by Gasteiger charge is 2.73. The van der Waals surface area contributed by atoms with Gasteiger partial charge in [-0.15, -0.1) is 0 Å². The van der Waals surface area contributed by atoms with Gasteiger partial charge >= 0.3 is 11.9 Å². The van der Waals surface area contributed by atoms with Crippen molar-refractivity contribution in [3.63, 3.8) is 0 Å². The summed E-state index contributed by atoms with van der Waals surface area (Å²) in [5.41, 5.74) is 0.938. The normalized spacial score (nSPS) is 31.7. The Morgan fingerprint density at radius 1 is 0.976 bits per heavy atom. The van der Waals surface area contributed by atoms with Gasteiger partial charge in [-0.25, -0.2) is 9.59 Å². The van der Waals surface area contributed by atoms with Crippen molar-refractivity contribution < 1.29 is 54.6 Å². The Hall–Kier alpha value is -4.04. The third kappa shape index (κ3) is 3.56. The number of nitrogens with one attached hydrogen (secondary N) is 1. The third-order valence-corrected chi connectivity index (χ3v) is 9.22. The number of phenols is 1. The Balaban J connectivity index is 0.000000262. The lowest BCUT2D eigenvalue weighted by atomic mass is 9.48. The minimum atomic E-state index is -2.27. The van der Waals surface area contributed by atoms with E-state index in [-0.39, 0.29) is 23.6 Å². The summed E-state index contributed by atoms with van der Waals surface area (Å²) in [6.45, 7) is 0.705. The highest BCUT2D eigenvalue weighted by atomic mass is 16.5. The molecule has 2 amide bonds. The third-order valence-electron chi connectivity index (χ3n) is 9.22. The molecule has 3 unspecified atom stereocenters. The molecule has 1 saturated carbocycles. The topological polar surface area (TPSA) is 214 Å². The van der Waals surface area contributed by atoms with Gasteiger partial charge in [-0.2, -0.15) is 0 Å². The van der Waals surface area contributed by atoms with E-state index in [1.54, 1.807) is 30.3 Å². The Bertz CT molecular complexity index is 1440. The van der Waals surface area contributed by atoms with Crippen LogP contribution in [0, 0.1) is 0 Å². The molecule has 7 N–H and O–H groups in total. The molecule has 2 aromatic carbocycles. The van der Waals surface area contributed by atoms with E-state index in [0.29, 0.717) is 49.1 Å². The lowest BCUT2D eigenvalue weighted by Gasteiger charge is -2.62. The summed E-state index contributed by atoms with van der Waals surface area (Å²) in [5.74, 6) is -3.70. The van der Waals surface area contributed by atoms with Crippen LogP contribution in [0.5, 0.6) is 11.5 Å². The molecular formula is C28H28N2O11. The summed E-state index contributed by atoms with van der Waals surface area (Å²) in [4.78, 5) is 47.4. The van der Waals surface area contributed by atoms with Gasteiger partial charge in [-0.3, -0.25) is 14.5 Å². The summed E-state index contributed by atoms with van der Waals surface area (Å²) in [7, 11) is 0. The Morgan fingerprint density at radius 2 is 1.59 bits per heavy atom. The second-order valence-corrected chi connectivity index (χ2v) is 11.0. The highest BCUT2D eigenvalue weighted by molar-refractivity contribution is 6.21. The molecule has 5 aliphatic rings. The predicted octanol–water partition coefficient (Wildman–Crippen LogP) is -0.624. The first kappa shape index (κ1) is 27.1. The molecule has 13 nitrogen and oxygen atoms in total. The molecule has 2 aromatic rings. The average Bonchev–Trinajstić information content (AvgIpc) is 3.42. The van der Waals surface area contributed by atoms with Crippen molar-refractivity contribution >= 4 is 23.8 Å². The van der Waals surface area contributed by atoms with Crippen LogP contribution in [0.25, 0.3) is 0 Å². The number of carbonyl (C=O) groups excluding carboxylic acids is 2. The van der Waals surface area contributed by atoms with Crippen molar-refractivity contribution in [3.05, 3.63) is 58.7 Å². The van der Waals surface area contributed by atoms with E-state index in [1.165, 1.54) is 4.90 Å². The van der Waals surface area contributed by atoms with Crippen molar-refractivity contribution in [3.8, 4) is 11.5 Å². The number of hydrogen-bond donors (Lipinski definition) is 7. The number of nitrogens with zero attached hydrogens (tertiary/aromatic N) is 1. The van der Waals surface area contributed by atoms with E-state index in [1.807, 2.05) is 6.07 Å². The SMILES string of the molecule is O=C(O)C(O)C(O)C(=O)O.O=C1c2ccccc2C(=O)N1[C@@H]1CCC2(O)[C@H]3Cc4ccc(O)c5c4[C@@]2(CCN3)[C@H]1O5. The molecule has 13 heteroatoms. The monoisotopic (exact) mass is 568 g/mol. The van der Waals surface area contributed by atoms with Crippen LogP contribution in [0.1, 0.15) is 51.1 Å². The number of carbonyl (C=O) groups is 4. The largest absolute Gasteiger partial charge is 0.504 e. The number of amides is 2. The quantitative estimate of drug-likeness (QED) is 0.230. The smallest absolute Gasteiger partial charge is 0.335 e. The lowest BCUT2D eigenvalue weighted by molar-refractivity contribution is -0.165. The molecule has 2 bridgehead atoms. The first-order valence-electron chi connectivity index (χ1n) is 13.2. The molecule has 2 fully saturated rings. The van der Waals surface area contributed by atoms with E-state index in [9.17, 15) is 29.4 Å². The van der Waals surface area contributed by atoms with Gasteiger partial charge in [0.1, 0.15) is 6.10 Å². The van der Waals surface area contributed by atoms with Crippen molar-refractivity contribution in [2.75, 3.05) is 6.54 Å². The van der Waals surface area contributed by atoms with Gasteiger partial charge < -0.3 is 40.7 Å². The molecule has 3 aliphatic heterocycles. The number of piperidine rings is 1. The van der Waals surface area contributed by atoms with Crippen molar-refractivity contribution in [1.29, 1.82) is 0 Å². The standard InChI is InChI=1S/C24H22N2O5.C4H6O6/c27-16-6-5-12-11-17-24(30)8-7-15(20-23(24,9-10-25-17)18(12)19(16)31-20)26-21(28)13-3-1-2-4-14(13)22(26)29;5-1(3(7)8)2(6)4(9)10/h1-6,15,17,20,25,27,30H,7-11H2;1-2,5-6H,(H,7,8)(H,9,10)/t15-,17-,20+,23+,24?;/m1./s1. The van der Waals surface area contributed by atoms with E-state index < -0.39 is 47.3 Å². The summed E-state index contributed by atoms with van der Waals surface area (Å²) in [6, 6.07) is 9.80. The number of carboxylic acids is 2. The van der Waals surface area contributed by atoms with E-state index in [2.05, 4.69) is 5.32 Å². The Morgan fingerprint density at radius 3 is 2.17 bits per heavy atom. The van der Waals surface area contributed by atoms with Crippen molar-refractivity contribution in [1.82, 2.24) is 10.2 Å². The number of aliphatic hydroxyl groups is 3. The maximum Gasteiger partial charge on any atom is 0.335 e. The second kappa shape index (κ2) is 9.24. The number of aliphatic carboxylic acids is 2. The first-order valence-corrected chi connectivity index (χ1v) is 13.2. The number of carboxylic acid groups (broad SMARTS) is 2. The van der Waals surface area contributed by atoms with E-state index >= 15 is 0 Å². The molecule has 7 atom stereocenters. The van der Waals surface area contributed by atoms with Gasteiger partial charge in [0.15, 0.2) is 23.7 Å². The van der Waals surface area contributed by atoms with Crippen LogP contribution in [0.15, 0.2) is 36.4 Å². The molecule has 0 aromatic heterocycles. The van der Waals surface area contributed by atoms with Crippen LogP contribution in [-0.4, -0.2) is 102 Å². The zero-order valence-electron chi connectivity index (χ0n) is 21.6. The average molecular weight is 569 g/mol. The number of rotatable bonds is 4. The maximum atomic E-state index is 13.3. The number of hydrogen-bond acceptors (Lipinski definition) is 10. The fourth-order valence-electron chi connectivity index (χ4n) is 7.46. The Labute approximate surface area is 232 Å². The summed E-state index contributed by atoms with van der Waals surface area (Å²) in [5, 5.41) is 58.7. The van der Waals surface area contributed by atoms with Crippen LogP contribution in [0.3, 0.4) is 0 Å². The second-order valence-electron chi connectivity index (χ2n) is 11.0. The lowest BCUT2D eigenvalue weighted by Crippen LogP contribution is -2.78. The minimum absolute atomic E-state index is 0.0444. The van der Waals surface area contributed by atoms with Gasteiger partial charge in [0.25, 0.3) is 11.8 Å². The molecule has 1 spiro atoms. The van der Waals surface area contributed by atoms with E-state index in [0.717, 1.165) is 11.1 Å². The van der Waals surface area contributed by atoms with Gasteiger partial charge in [0.2, 0.25) is 0 Å². The van der Waals surface area contributed by atoms with Gasteiger partial charge in [0.05, 0.1) is 28.2 Å². The molecule has 3 heterocycles. The minimum Gasteiger partial charge on any atom is -0.504 e. The van der Waals surface area contributed by atoms with Crippen LogP contribution in [0.4, 0.5) is 0 Å². The maximum absolute atomic E-state index is 13.3. The van der Waals surface area contributed by atoms with Crippen LogP contribution < -0.4 is 10.1 Å². The first-order chi connectivity index (χ1) is 19.4. The van der Waals surface area contributed by atoms with E-state index in [4.69, 9.17) is 25.2 Å². The van der Waals surface area contributed by atoms with Crippen LogP contribution in [-0.2, 0) is 21.4 Å². The van der Waals surface area contributed by atoms with Gasteiger partial charge in [-0.05, 0) is 56.0 Å². The molecule has 7 rings (SSSR count). The molecule has 0 radical (unpaired) electrons. The molecule has 41 heavy (non-hydrogen) atoms. The summed E-state index contributed by atoms with van der Waals surface area (Å²) in [6.07, 6.45) is -2.94. The number of ether oxygens (including phenoxy) is 1. The molecule has 1 saturated heterocycles. The number of aliphatic hydroxyl groups excluding tert-OH is 2. The fourth-order valence-corrected chi connectivity index (χ4v) is 7.46. The molecular weight excluding hydrogens is 540 g/mol. The number of benzene rings is 2. The van der Waals surface area contributed by atoms with Crippen LogP contribution >= 0.6 is 0 Å². The number of phenolic OH excluding ortho intramolecular Hbond substituents is 1. The zero-order valence-corrected chi connectivity index (χ0v) is 21.6. The van der Waals surface area contributed by atoms with Crippen LogP contribution in [0.2, 0.25) is 0 Å². The number of aromatic hydroxyl groups is 1. The Kier molecular flexibility index (Phi) is 6.12. The molecule has 2 aliphatic carbocycles. The fraction of sp³-hybridized carbons (Fsp3) is 0.429. The highest BCUT2D eigenvalue weighted by Crippen LogP contribution is 2.64. The van der Waals surface area contributed by atoms with Crippen molar-refractivity contribution in [2.24, 2.45) is 0 Å². The zero-order chi connectivity index (χ0) is 29.4. The summed E-state index contributed by atoms with van der Waals surface area (Å²) < 4.78 is 6.41. The summed E-state index contributed by atoms with van der Waals surface area (Å²) >= 11 is 0. The van der Waals surface area contributed by atoms with Crippen molar-refractivity contribution in [2.45, 2.75) is 67.1 Å².